The summed E-state index contributed by atoms with van der Waals surface area (Å²) in [5, 5.41) is 14.3. The molecule has 0 unspecified atom stereocenters. The molecule has 1 amide bonds. The quantitative estimate of drug-likeness (QED) is 0.357. The van der Waals surface area contributed by atoms with E-state index < -0.39 is 20.9 Å². The van der Waals surface area contributed by atoms with Crippen molar-refractivity contribution in [1.82, 2.24) is 9.97 Å². The van der Waals surface area contributed by atoms with Gasteiger partial charge in [-0.3, -0.25) is 14.9 Å². The third kappa shape index (κ3) is 5.77. The first-order valence-electron chi connectivity index (χ1n) is 11.4. The van der Waals surface area contributed by atoms with E-state index in [0.29, 0.717) is 22.8 Å². The van der Waals surface area contributed by atoms with Gasteiger partial charge in [-0.25, -0.2) is 23.1 Å². The topological polar surface area (TPSA) is 147 Å². The van der Waals surface area contributed by atoms with Crippen molar-refractivity contribution < 1.29 is 18.1 Å². The van der Waals surface area contributed by atoms with Crippen molar-refractivity contribution in [2.24, 2.45) is 0 Å². The molecule has 12 heteroatoms. The summed E-state index contributed by atoms with van der Waals surface area (Å²) in [7, 11) is -3.94. The Morgan fingerprint density at radius 3 is 2.22 bits per heavy atom. The van der Waals surface area contributed by atoms with Crippen LogP contribution in [-0.2, 0) is 10.0 Å². The summed E-state index contributed by atoms with van der Waals surface area (Å²) in [5.74, 6) is -0.569. The number of aromatic nitrogens is 2. The van der Waals surface area contributed by atoms with Gasteiger partial charge in [0.1, 0.15) is 5.69 Å². The minimum Gasteiger partial charge on any atom is -0.366 e. The number of amides is 1. The van der Waals surface area contributed by atoms with Crippen molar-refractivity contribution in [1.29, 1.82) is 0 Å². The third-order valence-electron chi connectivity index (χ3n) is 5.76. The smallest absolute Gasteiger partial charge is 0.293 e. The number of carbonyl (C=O) groups excluding carboxylic acids is 1. The summed E-state index contributed by atoms with van der Waals surface area (Å²) in [6, 6.07) is 11.7. The average molecular weight is 511 g/mol. The van der Waals surface area contributed by atoms with Crippen molar-refractivity contribution in [2.75, 3.05) is 28.0 Å². The van der Waals surface area contributed by atoms with Crippen LogP contribution >= 0.6 is 0 Å². The number of nitrogens with one attached hydrogen (secondary N) is 2. The Kier molecular flexibility index (Phi) is 7.15. The number of sulfonamides is 1. The van der Waals surface area contributed by atoms with Crippen LogP contribution in [0.25, 0.3) is 0 Å². The Balaban J connectivity index is 1.48. The molecule has 0 spiro atoms. The zero-order valence-corrected chi connectivity index (χ0v) is 20.7. The van der Waals surface area contributed by atoms with E-state index in [4.69, 9.17) is 0 Å². The van der Waals surface area contributed by atoms with E-state index in [-0.39, 0.29) is 22.1 Å². The highest BCUT2D eigenvalue weighted by molar-refractivity contribution is 7.92. The van der Waals surface area contributed by atoms with Gasteiger partial charge in [0.05, 0.1) is 9.82 Å². The molecule has 188 valence electrons. The molecule has 1 aromatic heterocycles. The van der Waals surface area contributed by atoms with E-state index in [1.54, 1.807) is 32.0 Å². The Morgan fingerprint density at radius 2 is 1.61 bits per heavy atom. The molecule has 11 nitrogen and oxygen atoms in total. The first-order valence-corrected chi connectivity index (χ1v) is 12.9. The highest BCUT2D eigenvalue weighted by Crippen LogP contribution is 2.31. The number of rotatable bonds is 7. The molecule has 1 saturated heterocycles. The van der Waals surface area contributed by atoms with Gasteiger partial charge >= 0.3 is 0 Å². The second-order valence-electron chi connectivity index (χ2n) is 8.57. The number of nitrogens with zero attached hydrogens (tertiary/aromatic N) is 4. The fourth-order valence-corrected chi connectivity index (χ4v) is 5.03. The largest absolute Gasteiger partial charge is 0.366 e. The molecule has 2 N–H and O–H groups in total. The van der Waals surface area contributed by atoms with E-state index in [9.17, 15) is 23.3 Å². The number of hydrogen-bond acceptors (Lipinski definition) is 8. The van der Waals surface area contributed by atoms with Crippen LogP contribution in [0.3, 0.4) is 0 Å². The van der Waals surface area contributed by atoms with E-state index in [1.807, 2.05) is 4.90 Å². The number of hydrogen-bond donors (Lipinski definition) is 2. The lowest BCUT2D eigenvalue weighted by Crippen LogP contribution is -2.30. The number of aryl methyl sites for hydroxylation is 2. The highest BCUT2D eigenvalue weighted by atomic mass is 32.2. The second kappa shape index (κ2) is 10.3. The Morgan fingerprint density at radius 1 is 0.972 bits per heavy atom. The molecule has 1 fully saturated rings. The standard InChI is InChI=1S/C24H26N6O5S/c1-16-14-17(2)26-24(25-16)28-36(34,35)20-9-7-19(8-10-20)27-23(31)18-6-11-21(22(15-18)30(32)33)29-12-4-3-5-13-29/h6-11,14-15H,3-5,12-13H2,1-2H3,(H,27,31)(H,25,26,28). The van der Waals surface area contributed by atoms with Gasteiger partial charge in [-0.1, -0.05) is 0 Å². The van der Waals surface area contributed by atoms with Gasteiger partial charge in [0, 0.05) is 41.8 Å². The summed E-state index contributed by atoms with van der Waals surface area (Å²) >= 11 is 0. The SMILES string of the molecule is Cc1cc(C)nc(NS(=O)(=O)c2ccc(NC(=O)c3ccc(N4CCCCC4)c([N+](=O)[O-])c3)cc2)n1. The lowest BCUT2D eigenvalue weighted by molar-refractivity contribution is -0.384. The number of anilines is 3. The number of nitro groups is 1. The molecule has 2 aromatic carbocycles. The summed E-state index contributed by atoms with van der Waals surface area (Å²) in [5.41, 5.74) is 2.11. The van der Waals surface area contributed by atoms with Crippen LogP contribution in [0.15, 0.2) is 53.4 Å². The van der Waals surface area contributed by atoms with Crippen LogP contribution in [0, 0.1) is 24.0 Å². The Labute approximate surface area is 208 Å². The molecule has 0 bridgehead atoms. The molecule has 1 aliphatic rings. The third-order valence-corrected chi connectivity index (χ3v) is 7.11. The lowest BCUT2D eigenvalue weighted by Gasteiger charge is -2.28. The van der Waals surface area contributed by atoms with Crippen molar-refractivity contribution in [3.8, 4) is 0 Å². The van der Waals surface area contributed by atoms with Crippen LogP contribution in [-0.4, -0.2) is 42.3 Å². The maximum Gasteiger partial charge on any atom is 0.293 e. The molecule has 2 heterocycles. The van der Waals surface area contributed by atoms with Gasteiger partial charge in [-0.2, -0.15) is 0 Å². The van der Waals surface area contributed by atoms with Gasteiger partial charge in [-0.15, -0.1) is 0 Å². The Hall–Kier alpha value is -4.06. The predicted molar refractivity (Wildman–Crippen MR) is 136 cm³/mol. The van der Waals surface area contributed by atoms with Gasteiger partial charge < -0.3 is 10.2 Å². The summed E-state index contributed by atoms with van der Waals surface area (Å²) < 4.78 is 27.7. The molecule has 0 saturated carbocycles. The van der Waals surface area contributed by atoms with Gasteiger partial charge in [-0.05, 0) is 75.6 Å². The maximum absolute atomic E-state index is 12.8. The molecule has 0 radical (unpaired) electrons. The molecule has 0 aliphatic carbocycles. The molecule has 4 rings (SSSR count). The predicted octanol–water partition coefficient (Wildman–Crippen LogP) is 4.05. The zero-order chi connectivity index (χ0) is 25.9. The highest BCUT2D eigenvalue weighted by Gasteiger charge is 2.23. The van der Waals surface area contributed by atoms with Crippen LogP contribution in [0.4, 0.5) is 23.0 Å². The minimum absolute atomic E-state index is 0.0283. The number of carbonyl (C=O) groups is 1. The fraction of sp³-hybridized carbons (Fsp3) is 0.292. The zero-order valence-electron chi connectivity index (χ0n) is 19.9. The normalized spacial score (nSPS) is 13.8. The van der Waals surface area contributed by atoms with Crippen LogP contribution < -0.4 is 14.9 Å². The summed E-state index contributed by atoms with van der Waals surface area (Å²) in [6.45, 7) is 4.96. The minimum atomic E-state index is -3.94. The lowest BCUT2D eigenvalue weighted by atomic mass is 10.1. The number of nitro benzene ring substituents is 1. The van der Waals surface area contributed by atoms with Crippen molar-refractivity contribution in [3.63, 3.8) is 0 Å². The Bertz CT molecular complexity index is 1380. The van der Waals surface area contributed by atoms with Crippen molar-refractivity contribution >= 4 is 38.9 Å². The molecular weight excluding hydrogens is 484 g/mol. The molecule has 3 aromatic rings. The first-order chi connectivity index (χ1) is 17.1. The van der Waals surface area contributed by atoms with Gasteiger partial charge in [0.15, 0.2) is 0 Å². The van der Waals surface area contributed by atoms with Crippen molar-refractivity contribution in [3.05, 3.63) is 75.6 Å². The van der Waals surface area contributed by atoms with Crippen LogP contribution in [0.2, 0.25) is 0 Å². The van der Waals surface area contributed by atoms with Crippen LogP contribution in [0.1, 0.15) is 41.0 Å². The van der Waals surface area contributed by atoms with Gasteiger partial charge in [0.2, 0.25) is 5.95 Å². The first kappa shape index (κ1) is 25.0. The van der Waals surface area contributed by atoms with E-state index in [2.05, 4.69) is 20.0 Å². The second-order valence-corrected chi connectivity index (χ2v) is 10.2. The maximum atomic E-state index is 12.8. The summed E-state index contributed by atoms with van der Waals surface area (Å²) in [6.07, 6.45) is 3.04. The average Bonchev–Trinajstić information content (AvgIpc) is 2.83. The van der Waals surface area contributed by atoms with Gasteiger partial charge in [0.25, 0.3) is 21.6 Å². The fourth-order valence-electron chi connectivity index (χ4n) is 4.08. The molecule has 0 atom stereocenters. The van der Waals surface area contributed by atoms with E-state index in [0.717, 1.165) is 32.4 Å². The molecular formula is C24H26N6O5S. The molecule has 36 heavy (non-hydrogen) atoms. The number of benzene rings is 2. The van der Waals surface area contributed by atoms with E-state index >= 15 is 0 Å². The van der Waals surface area contributed by atoms with Crippen LogP contribution in [0.5, 0.6) is 0 Å². The summed E-state index contributed by atoms with van der Waals surface area (Å²) in [4.78, 5) is 34.1. The number of piperidine rings is 1. The van der Waals surface area contributed by atoms with E-state index in [1.165, 1.54) is 30.3 Å². The van der Waals surface area contributed by atoms with Crippen molar-refractivity contribution in [2.45, 2.75) is 38.0 Å². The molecule has 1 aliphatic heterocycles. The monoisotopic (exact) mass is 510 g/mol.